The van der Waals surface area contributed by atoms with Gasteiger partial charge in [0.15, 0.2) is 0 Å². The predicted molar refractivity (Wildman–Crippen MR) is 75.6 cm³/mol. The molecule has 2 N–H and O–H groups in total. The van der Waals surface area contributed by atoms with Crippen LogP contribution in [0.25, 0.3) is 0 Å². The molecule has 0 spiro atoms. The van der Waals surface area contributed by atoms with E-state index in [4.69, 9.17) is 0 Å². The zero-order valence-electron chi connectivity index (χ0n) is 11.0. The van der Waals surface area contributed by atoms with Gasteiger partial charge in [-0.25, -0.2) is 0 Å². The number of rotatable bonds is 5. The Morgan fingerprint density at radius 3 is 2.65 bits per heavy atom. The van der Waals surface area contributed by atoms with E-state index in [1.807, 2.05) is 11.3 Å². The van der Waals surface area contributed by atoms with Gasteiger partial charge in [-0.05, 0) is 49.9 Å². The molecule has 3 heteroatoms. The molecule has 2 heterocycles. The Kier molecular flexibility index (Phi) is 4.60. The van der Waals surface area contributed by atoms with Crippen LogP contribution in [0.4, 0.5) is 0 Å². The molecule has 1 saturated heterocycles. The molecular formula is C14H24N2S. The number of nitrogens with one attached hydrogen (secondary N) is 2. The summed E-state index contributed by atoms with van der Waals surface area (Å²) in [5.74, 6) is 0. The molecule has 96 valence electrons. The monoisotopic (exact) mass is 252 g/mol. The van der Waals surface area contributed by atoms with Crippen molar-refractivity contribution >= 4 is 11.3 Å². The van der Waals surface area contributed by atoms with E-state index >= 15 is 0 Å². The largest absolute Gasteiger partial charge is 0.317 e. The van der Waals surface area contributed by atoms with E-state index in [0.717, 1.165) is 19.5 Å². The first-order valence-corrected chi connectivity index (χ1v) is 7.52. The van der Waals surface area contributed by atoms with Crippen molar-refractivity contribution in [1.29, 1.82) is 0 Å². The maximum atomic E-state index is 3.63. The van der Waals surface area contributed by atoms with Crippen molar-refractivity contribution in [3.05, 3.63) is 21.9 Å². The minimum atomic E-state index is 0.496. The quantitative estimate of drug-likeness (QED) is 0.842. The Hall–Kier alpha value is -0.380. The Morgan fingerprint density at radius 2 is 2.00 bits per heavy atom. The van der Waals surface area contributed by atoms with E-state index in [2.05, 4.69) is 36.6 Å². The van der Waals surface area contributed by atoms with Crippen molar-refractivity contribution in [3.8, 4) is 0 Å². The van der Waals surface area contributed by atoms with Crippen LogP contribution in [0.3, 0.4) is 0 Å². The fourth-order valence-corrected chi connectivity index (χ4v) is 3.33. The van der Waals surface area contributed by atoms with E-state index in [1.165, 1.54) is 35.7 Å². The lowest BCUT2D eigenvalue weighted by Gasteiger charge is -2.34. The molecule has 0 amide bonds. The minimum Gasteiger partial charge on any atom is -0.317 e. The van der Waals surface area contributed by atoms with Crippen molar-refractivity contribution in [2.24, 2.45) is 5.41 Å². The maximum absolute atomic E-state index is 3.63. The first kappa shape index (κ1) is 13.1. The average molecular weight is 252 g/mol. The third-order valence-electron chi connectivity index (χ3n) is 3.73. The van der Waals surface area contributed by atoms with Crippen molar-refractivity contribution in [3.63, 3.8) is 0 Å². The van der Waals surface area contributed by atoms with Gasteiger partial charge in [0.05, 0.1) is 0 Å². The lowest BCUT2D eigenvalue weighted by Crippen LogP contribution is -2.41. The number of hydrogen-bond acceptors (Lipinski definition) is 3. The summed E-state index contributed by atoms with van der Waals surface area (Å²) in [5, 5.41) is 7.07. The predicted octanol–water partition coefficient (Wildman–Crippen LogP) is 2.79. The summed E-state index contributed by atoms with van der Waals surface area (Å²) >= 11 is 1.94. The van der Waals surface area contributed by atoms with E-state index in [0.29, 0.717) is 5.41 Å². The molecule has 0 aliphatic carbocycles. The van der Waals surface area contributed by atoms with Crippen molar-refractivity contribution < 1.29 is 0 Å². The zero-order valence-corrected chi connectivity index (χ0v) is 11.8. The summed E-state index contributed by atoms with van der Waals surface area (Å²) in [7, 11) is 0. The lowest BCUT2D eigenvalue weighted by atomic mass is 9.81. The maximum Gasteiger partial charge on any atom is 0.0300 e. The first-order chi connectivity index (χ1) is 8.22. The molecule has 0 aromatic carbocycles. The van der Waals surface area contributed by atoms with Crippen LogP contribution in [0.2, 0.25) is 0 Å². The highest BCUT2D eigenvalue weighted by atomic mass is 32.1. The zero-order chi connectivity index (χ0) is 12.1. The van der Waals surface area contributed by atoms with Crippen molar-refractivity contribution in [1.82, 2.24) is 10.6 Å². The highest BCUT2D eigenvalue weighted by molar-refractivity contribution is 7.11. The Morgan fingerprint density at radius 1 is 1.29 bits per heavy atom. The second-order valence-corrected chi connectivity index (χ2v) is 6.64. The van der Waals surface area contributed by atoms with Gasteiger partial charge < -0.3 is 10.6 Å². The Balaban J connectivity index is 1.74. The van der Waals surface area contributed by atoms with E-state index in [9.17, 15) is 0 Å². The van der Waals surface area contributed by atoms with E-state index in [-0.39, 0.29) is 0 Å². The summed E-state index contributed by atoms with van der Waals surface area (Å²) in [6.07, 6.45) is 3.75. The lowest BCUT2D eigenvalue weighted by molar-refractivity contribution is 0.220. The van der Waals surface area contributed by atoms with E-state index in [1.54, 1.807) is 0 Å². The van der Waals surface area contributed by atoms with Crippen LogP contribution in [0.5, 0.6) is 0 Å². The summed E-state index contributed by atoms with van der Waals surface area (Å²) in [4.78, 5) is 2.97. The number of thiophene rings is 1. The molecule has 0 saturated carbocycles. The molecule has 17 heavy (non-hydrogen) atoms. The van der Waals surface area contributed by atoms with Gasteiger partial charge in [0.1, 0.15) is 0 Å². The highest BCUT2D eigenvalue weighted by Gasteiger charge is 2.25. The van der Waals surface area contributed by atoms with Gasteiger partial charge in [0.2, 0.25) is 0 Å². The van der Waals surface area contributed by atoms with Crippen LogP contribution in [-0.2, 0) is 13.0 Å². The number of aryl methyl sites for hydroxylation is 1. The molecule has 1 aliphatic heterocycles. The van der Waals surface area contributed by atoms with Crippen LogP contribution in [0.1, 0.15) is 36.4 Å². The van der Waals surface area contributed by atoms with Crippen LogP contribution in [0.15, 0.2) is 12.1 Å². The van der Waals surface area contributed by atoms with Crippen molar-refractivity contribution in [2.75, 3.05) is 19.6 Å². The molecule has 0 radical (unpaired) electrons. The van der Waals surface area contributed by atoms with Gasteiger partial charge in [-0.1, -0.05) is 13.8 Å². The first-order valence-electron chi connectivity index (χ1n) is 6.71. The molecule has 2 rings (SSSR count). The summed E-state index contributed by atoms with van der Waals surface area (Å²) < 4.78 is 0. The van der Waals surface area contributed by atoms with Crippen LogP contribution in [-0.4, -0.2) is 19.6 Å². The molecule has 2 nitrogen and oxygen atoms in total. The molecular weight excluding hydrogens is 228 g/mol. The van der Waals surface area contributed by atoms with Crippen LogP contribution in [0, 0.1) is 5.41 Å². The molecule has 0 atom stereocenters. The summed E-state index contributed by atoms with van der Waals surface area (Å²) in [6, 6.07) is 4.52. The summed E-state index contributed by atoms with van der Waals surface area (Å²) in [5.41, 5.74) is 0.496. The molecule has 0 bridgehead atoms. The van der Waals surface area contributed by atoms with Gasteiger partial charge in [0, 0.05) is 22.8 Å². The second-order valence-electron chi connectivity index (χ2n) is 5.39. The third kappa shape index (κ3) is 3.80. The average Bonchev–Trinajstić information content (AvgIpc) is 2.78. The third-order valence-corrected chi connectivity index (χ3v) is 4.96. The normalized spacial score (nSPS) is 19.4. The SMILES string of the molecule is CCc1ccc(CNCC2(C)CCNCC2)s1. The van der Waals surface area contributed by atoms with Gasteiger partial charge >= 0.3 is 0 Å². The number of hydrogen-bond donors (Lipinski definition) is 2. The fourth-order valence-electron chi connectivity index (χ4n) is 2.40. The standard InChI is InChI=1S/C14H24N2S/c1-3-12-4-5-13(17-12)10-16-11-14(2)6-8-15-9-7-14/h4-5,15-16H,3,6-11H2,1-2H3. The summed E-state index contributed by atoms with van der Waals surface area (Å²) in [6.45, 7) is 9.17. The Labute approximate surface area is 109 Å². The fraction of sp³-hybridized carbons (Fsp3) is 0.714. The molecule has 0 unspecified atom stereocenters. The smallest absolute Gasteiger partial charge is 0.0300 e. The topological polar surface area (TPSA) is 24.1 Å². The van der Waals surface area contributed by atoms with Crippen LogP contribution < -0.4 is 10.6 Å². The van der Waals surface area contributed by atoms with Crippen molar-refractivity contribution in [2.45, 2.75) is 39.7 Å². The van der Waals surface area contributed by atoms with Gasteiger partial charge in [-0.3, -0.25) is 0 Å². The van der Waals surface area contributed by atoms with Gasteiger partial charge in [-0.15, -0.1) is 11.3 Å². The molecule has 1 fully saturated rings. The van der Waals surface area contributed by atoms with Gasteiger partial charge in [-0.2, -0.15) is 0 Å². The molecule has 1 aromatic rings. The molecule has 1 aromatic heterocycles. The van der Waals surface area contributed by atoms with Crippen LogP contribution >= 0.6 is 11.3 Å². The van der Waals surface area contributed by atoms with E-state index < -0.39 is 0 Å². The van der Waals surface area contributed by atoms with Gasteiger partial charge in [0.25, 0.3) is 0 Å². The minimum absolute atomic E-state index is 0.496. The Bertz CT molecular complexity index is 340. The molecule has 1 aliphatic rings. The number of piperidine rings is 1. The second kappa shape index (κ2) is 5.98. The highest BCUT2D eigenvalue weighted by Crippen LogP contribution is 2.27.